The van der Waals surface area contributed by atoms with Gasteiger partial charge in [0.15, 0.2) is 11.5 Å². The average Bonchev–Trinajstić information content (AvgIpc) is 2.77. The number of anilines is 1. The average molecular weight is 264 g/mol. The van der Waals surface area contributed by atoms with E-state index in [1.807, 2.05) is 6.92 Å². The monoisotopic (exact) mass is 264 g/mol. The van der Waals surface area contributed by atoms with Crippen molar-refractivity contribution in [3.05, 3.63) is 17.7 Å². The Balaban J connectivity index is 2.62. The Labute approximate surface area is 111 Å². The van der Waals surface area contributed by atoms with Gasteiger partial charge in [0, 0.05) is 11.1 Å². The highest BCUT2D eigenvalue weighted by molar-refractivity contribution is 5.72. The van der Waals surface area contributed by atoms with Gasteiger partial charge in [-0.3, -0.25) is 0 Å². The molecule has 0 atom stereocenters. The molecule has 102 valence electrons. The van der Waals surface area contributed by atoms with Crippen molar-refractivity contribution >= 4 is 5.88 Å². The number of hydrogen-bond donors (Lipinski definition) is 1. The highest BCUT2D eigenvalue weighted by atomic mass is 16.5. The molecule has 0 aliphatic rings. The molecule has 0 saturated carbocycles. The molecule has 2 rings (SSSR count). The predicted octanol–water partition coefficient (Wildman–Crippen LogP) is 2.26. The highest BCUT2D eigenvalue weighted by Gasteiger charge is 2.18. The van der Waals surface area contributed by atoms with E-state index >= 15 is 0 Å². The Morgan fingerprint density at radius 1 is 1.05 bits per heavy atom. The van der Waals surface area contributed by atoms with Gasteiger partial charge in [-0.15, -0.1) is 0 Å². The van der Waals surface area contributed by atoms with Gasteiger partial charge in [0.2, 0.25) is 11.6 Å². The largest absolute Gasteiger partial charge is 0.493 e. The maximum atomic E-state index is 5.66. The fourth-order valence-corrected chi connectivity index (χ4v) is 1.84. The first-order valence-corrected chi connectivity index (χ1v) is 5.64. The molecule has 1 aromatic heterocycles. The Morgan fingerprint density at radius 2 is 1.63 bits per heavy atom. The van der Waals surface area contributed by atoms with Gasteiger partial charge in [0.1, 0.15) is 5.69 Å². The summed E-state index contributed by atoms with van der Waals surface area (Å²) in [4.78, 5) is 0. The molecule has 2 N–H and O–H groups in total. The zero-order chi connectivity index (χ0) is 14.0. The van der Waals surface area contributed by atoms with Gasteiger partial charge in [0.05, 0.1) is 21.3 Å². The van der Waals surface area contributed by atoms with Gasteiger partial charge < -0.3 is 24.5 Å². The quantitative estimate of drug-likeness (QED) is 0.912. The fraction of sp³-hybridized carbons (Fsp3) is 0.308. The minimum atomic E-state index is 0.295. The van der Waals surface area contributed by atoms with Crippen LogP contribution in [0.2, 0.25) is 0 Å². The van der Waals surface area contributed by atoms with E-state index in [1.165, 1.54) is 0 Å². The molecule has 1 aromatic carbocycles. The van der Waals surface area contributed by atoms with Crippen LogP contribution in [0.15, 0.2) is 16.7 Å². The SMILES string of the molecule is COc1cc(-c2noc(N)c2C)cc(OC)c1OC. The predicted molar refractivity (Wildman–Crippen MR) is 70.7 cm³/mol. The molecule has 0 radical (unpaired) electrons. The molecule has 0 bridgehead atoms. The number of ether oxygens (including phenoxy) is 3. The number of benzene rings is 1. The molecule has 6 nitrogen and oxygen atoms in total. The number of aromatic nitrogens is 1. The fourth-order valence-electron chi connectivity index (χ4n) is 1.84. The minimum absolute atomic E-state index is 0.295. The molecule has 0 unspecified atom stereocenters. The summed E-state index contributed by atoms with van der Waals surface area (Å²) >= 11 is 0. The van der Waals surface area contributed by atoms with Crippen LogP contribution in [0.1, 0.15) is 5.56 Å². The third-order valence-corrected chi connectivity index (χ3v) is 2.90. The first-order valence-electron chi connectivity index (χ1n) is 5.64. The van der Waals surface area contributed by atoms with E-state index in [2.05, 4.69) is 5.16 Å². The third kappa shape index (κ3) is 2.16. The first kappa shape index (κ1) is 13.1. The van der Waals surface area contributed by atoms with E-state index in [9.17, 15) is 0 Å². The topological polar surface area (TPSA) is 79.7 Å². The number of rotatable bonds is 4. The van der Waals surface area contributed by atoms with E-state index in [1.54, 1.807) is 33.5 Å². The van der Waals surface area contributed by atoms with Crippen LogP contribution in [0.3, 0.4) is 0 Å². The van der Waals surface area contributed by atoms with Crippen LogP contribution >= 0.6 is 0 Å². The molecular weight excluding hydrogens is 248 g/mol. The van der Waals surface area contributed by atoms with Crippen molar-refractivity contribution in [1.29, 1.82) is 0 Å². The molecule has 0 fully saturated rings. The van der Waals surface area contributed by atoms with Crippen LogP contribution < -0.4 is 19.9 Å². The van der Waals surface area contributed by atoms with Crippen molar-refractivity contribution in [2.45, 2.75) is 6.92 Å². The molecule has 0 amide bonds. The second-order valence-electron chi connectivity index (χ2n) is 3.93. The lowest BCUT2D eigenvalue weighted by molar-refractivity contribution is 0.324. The summed E-state index contributed by atoms with van der Waals surface area (Å²) in [5, 5.41) is 3.94. The van der Waals surface area contributed by atoms with Crippen molar-refractivity contribution in [2.75, 3.05) is 27.1 Å². The minimum Gasteiger partial charge on any atom is -0.493 e. The Kier molecular flexibility index (Phi) is 3.50. The van der Waals surface area contributed by atoms with E-state index in [0.29, 0.717) is 28.8 Å². The molecule has 0 aliphatic heterocycles. The maximum Gasteiger partial charge on any atom is 0.225 e. The second-order valence-corrected chi connectivity index (χ2v) is 3.93. The van der Waals surface area contributed by atoms with Gasteiger partial charge in [-0.2, -0.15) is 0 Å². The van der Waals surface area contributed by atoms with Gasteiger partial charge >= 0.3 is 0 Å². The first-order chi connectivity index (χ1) is 9.12. The van der Waals surface area contributed by atoms with Crippen LogP contribution in [0.25, 0.3) is 11.3 Å². The lowest BCUT2D eigenvalue weighted by Crippen LogP contribution is -1.96. The van der Waals surface area contributed by atoms with Crippen molar-refractivity contribution < 1.29 is 18.7 Å². The summed E-state index contributed by atoms with van der Waals surface area (Å²) in [5.41, 5.74) is 7.87. The van der Waals surface area contributed by atoms with Gasteiger partial charge in [-0.25, -0.2) is 0 Å². The number of nitrogens with zero attached hydrogens (tertiary/aromatic N) is 1. The Hall–Kier alpha value is -2.37. The summed E-state index contributed by atoms with van der Waals surface area (Å²) in [6.07, 6.45) is 0. The molecule has 2 aromatic rings. The lowest BCUT2D eigenvalue weighted by Gasteiger charge is -2.13. The molecule has 6 heteroatoms. The number of nitrogens with two attached hydrogens (primary N) is 1. The summed E-state index contributed by atoms with van der Waals surface area (Å²) in [5.74, 6) is 1.93. The van der Waals surface area contributed by atoms with Crippen molar-refractivity contribution in [2.24, 2.45) is 0 Å². The number of methoxy groups -OCH3 is 3. The van der Waals surface area contributed by atoms with Gasteiger partial charge in [0.25, 0.3) is 0 Å². The van der Waals surface area contributed by atoms with Crippen molar-refractivity contribution in [3.8, 4) is 28.5 Å². The smallest absolute Gasteiger partial charge is 0.225 e. The summed E-state index contributed by atoms with van der Waals surface area (Å²) < 4.78 is 20.8. The van der Waals surface area contributed by atoms with Crippen LogP contribution in [0.5, 0.6) is 17.2 Å². The van der Waals surface area contributed by atoms with Crippen molar-refractivity contribution in [3.63, 3.8) is 0 Å². The molecule has 0 spiro atoms. The molecule has 0 aliphatic carbocycles. The van der Waals surface area contributed by atoms with E-state index in [4.69, 9.17) is 24.5 Å². The lowest BCUT2D eigenvalue weighted by atomic mass is 10.1. The molecule has 0 saturated heterocycles. The zero-order valence-corrected chi connectivity index (χ0v) is 11.3. The Morgan fingerprint density at radius 3 is 2.00 bits per heavy atom. The van der Waals surface area contributed by atoms with Crippen molar-refractivity contribution in [1.82, 2.24) is 5.16 Å². The summed E-state index contributed by atoms with van der Waals surface area (Å²) in [6.45, 7) is 1.84. The standard InChI is InChI=1S/C13H16N2O4/c1-7-11(15-19-13(7)14)8-5-9(16-2)12(18-4)10(6-8)17-3/h5-6H,14H2,1-4H3. The van der Waals surface area contributed by atoms with Gasteiger partial charge in [-0.05, 0) is 19.1 Å². The van der Waals surface area contributed by atoms with Gasteiger partial charge in [-0.1, -0.05) is 5.16 Å². The van der Waals surface area contributed by atoms with Crippen LogP contribution in [-0.2, 0) is 0 Å². The normalized spacial score (nSPS) is 10.3. The van der Waals surface area contributed by atoms with Crippen LogP contribution in [0.4, 0.5) is 5.88 Å². The highest BCUT2D eigenvalue weighted by Crippen LogP contribution is 2.41. The number of hydrogen-bond acceptors (Lipinski definition) is 6. The third-order valence-electron chi connectivity index (χ3n) is 2.90. The molecule has 19 heavy (non-hydrogen) atoms. The van der Waals surface area contributed by atoms with Crippen LogP contribution in [-0.4, -0.2) is 26.5 Å². The van der Waals surface area contributed by atoms with E-state index in [0.717, 1.165) is 11.1 Å². The van der Waals surface area contributed by atoms with Crippen LogP contribution in [0, 0.1) is 6.92 Å². The maximum absolute atomic E-state index is 5.66. The molecule has 1 heterocycles. The summed E-state index contributed by atoms with van der Waals surface area (Å²) in [7, 11) is 4.68. The molecular formula is C13H16N2O4. The van der Waals surface area contributed by atoms with E-state index < -0.39 is 0 Å². The second kappa shape index (κ2) is 5.09. The van der Waals surface area contributed by atoms with E-state index in [-0.39, 0.29) is 0 Å². The number of nitrogen functional groups attached to an aromatic ring is 1. The summed E-state index contributed by atoms with van der Waals surface area (Å²) in [6, 6.07) is 3.59. The Bertz CT molecular complexity index is 567. The zero-order valence-electron chi connectivity index (χ0n) is 11.3.